The van der Waals surface area contributed by atoms with Crippen LogP contribution >= 0.6 is 0 Å². The summed E-state index contributed by atoms with van der Waals surface area (Å²) in [6, 6.07) is 17.6. The Bertz CT molecular complexity index is 1170. The zero-order chi connectivity index (χ0) is 22.6. The Hall–Kier alpha value is -2.83. The molecule has 162 valence electrons. The summed E-state index contributed by atoms with van der Waals surface area (Å²) in [6.45, 7) is 0.436. The quantitative estimate of drug-likeness (QED) is 0.230. The van der Waals surface area contributed by atoms with E-state index in [1.807, 2.05) is 0 Å². The van der Waals surface area contributed by atoms with Crippen LogP contribution in [0.4, 0.5) is 17.1 Å². The molecule has 0 aliphatic carbocycles. The SMILES string of the molecule is O=[N+]([O-])c1cccc(CN(Cc2cccc([N+](=O)[O-])c2)c2ccc(S(=O)(=O)O)cc2)c1.[NaH]. The third kappa shape index (κ3) is 6.58. The van der Waals surface area contributed by atoms with E-state index < -0.39 is 20.0 Å². The van der Waals surface area contributed by atoms with Crippen LogP contribution in [-0.4, -0.2) is 52.4 Å². The Morgan fingerprint density at radius 1 is 0.781 bits per heavy atom. The van der Waals surface area contributed by atoms with Gasteiger partial charge in [0.05, 0.1) is 14.7 Å². The van der Waals surface area contributed by atoms with Gasteiger partial charge in [0.15, 0.2) is 0 Å². The number of nitrogens with zero attached hydrogens (tertiary/aromatic N) is 3. The molecule has 0 unspecified atom stereocenters. The number of hydrogen-bond donors (Lipinski definition) is 1. The van der Waals surface area contributed by atoms with Crippen molar-refractivity contribution in [3.63, 3.8) is 0 Å². The van der Waals surface area contributed by atoms with Gasteiger partial charge in [0, 0.05) is 43.0 Å². The third-order valence-corrected chi connectivity index (χ3v) is 5.36. The van der Waals surface area contributed by atoms with Crippen molar-refractivity contribution >= 4 is 56.7 Å². The van der Waals surface area contributed by atoms with Crippen molar-refractivity contribution in [3.8, 4) is 0 Å². The molecule has 0 amide bonds. The van der Waals surface area contributed by atoms with Crippen LogP contribution in [0.5, 0.6) is 0 Å². The van der Waals surface area contributed by atoms with Gasteiger partial charge in [-0.3, -0.25) is 24.8 Å². The van der Waals surface area contributed by atoms with E-state index in [0.29, 0.717) is 16.8 Å². The van der Waals surface area contributed by atoms with Crippen LogP contribution in [0, 0.1) is 20.2 Å². The van der Waals surface area contributed by atoms with Gasteiger partial charge in [-0.1, -0.05) is 24.3 Å². The molecule has 0 aliphatic rings. The van der Waals surface area contributed by atoms with Crippen molar-refractivity contribution in [2.45, 2.75) is 18.0 Å². The summed E-state index contributed by atoms with van der Waals surface area (Å²) in [5, 5.41) is 22.2. The average Bonchev–Trinajstić information content (AvgIpc) is 2.73. The Balaban J connectivity index is 0.00000363. The molecule has 3 aromatic rings. The predicted octanol–water partition coefficient (Wildman–Crippen LogP) is 3.31. The molecule has 0 aliphatic heterocycles. The fourth-order valence-electron chi connectivity index (χ4n) is 3.04. The maximum absolute atomic E-state index is 11.3. The molecule has 1 N–H and O–H groups in total. The van der Waals surface area contributed by atoms with Crippen LogP contribution in [-0.2, 0) is 23.2 Å². The first-order valence-corrected chi connectivity index (χ1v) is 10.4. The number of nitro groups is 2. The summed E-state index contributed by atoms with van der Waals surface area (Å²) in [7, 11) is -4.36. The minimum absolute atomic E-state index is 0. The van der Waals surface area contributed by atoms with E-state index in [4.69, 9.17) is 0 Å². The Morgan fingerprint density at radius 3 is 1.59 bits per heavy atom. The van der Waals surface area contributed by atoms with Crippen LogP contribution in [0.1, 0.15) is 11.1 Å². The van der Waals surface area contributed by atoms with E-state index in [1.54, 1.807) is 29.2 Å². The first-order chi connectivity index (χ1) is 14.6. The van der Waals surface area contributed by atoms with Gasteiger partial charge in [0.1, 0.15) is 0 Å². The van der Waals surface area contributed by atoms with Gasteiger partial charge in [-0.05, 0) is 35.4 Å². The van der Waals surface area contributed by atoms with Crippen LogP contribution in [0.25, 0.3) is 0 Å². The van der Waals surface area contributed by atoms with E-state index in [0.717, 1.165) is 0 Å². The number of rotatable bonds is 8. The predicted molar refractivity (Wildman–Crippen MR) is 119 cm³/mol. The number of hydrogen-bond acceptors (Lipinski definition) is 7. The van der Waals surface area contributed by atoms with E-state index in [-0.39, 0.29) is 58.9 Å². The molecule has 0 bridgehead atoms. The molecule has 12 heteroatoms. The molecule has 0 heterocycles. The van der Waals surface area contributed by atoms with Crippen molar-refractivity contribution < 1.29 is 22.8 Å². The molecule has 32 heavy (non-hydrogen) atoms. The van der Waals surface area contributed by atoms with Crippen LogP contribution in [0.2, 0.25) is 0 Å². The molecule has 0 saturated carbocycles. The number of benzene rings is 3. The molecule has 0 saturated heterocycles. The van der Waals surface area contributed by atoms with Crippen LogP contribution in [0.3, 0.4) is 0 Å². The molecular weight excluding hydrogens is 449 g/mol. The second-order valence-electron chi connectivity index (χ2n) is 6.68. The molecule has 0 spiro atoms. The molecule has 3 aromatic carbocycles. The first-order valence-electron chi connectivity index (χ1n) is 8.92. The fourth-order valence-corrected chi connectivity index (χ4v) is 3.52. The molecule has 0 atom stereocenters. The van der Waals surface area contributed by atoms with Gasteiger partial charge in [0.2, 0.25) is 0 Å². The molecule has 0 radical (unpaired) electrons. The zero-order valence-corrected chi connectivity index (χ0v) is 16.8. The van der Waals surface area contributed by atoms with Gasteiger partial charge < -0.3 is 4.90 Å². The van der Waals surface area contributed by atoms with Crippen molar-refractivity contribution in [1.82, 2.24) is 0 Å². The summed E-state index contributed by atoms with van der Waals surface area (Å²) in [4.78, 5) is 22.7. The summed E-state index contributed by atoms with van der Waals surface area (Å²) in [5.41, 5.74) is 1.66. The Kier molecular flexibility index (Phi) is 8.47. The standard InChI is InChI=1S/C20H17N3O7S.Na.H/c24-22(25)18-5-1-3-15(11-18)13-21(14-16-4-2-6-19(12-16)23(26)27)17-7-9-20(10-8-17)31(28,29)30;;/h1-12H,13-14H2,(H,28,29,30);;. The fraction of sp³-hybridized carbons (Fsp3) is 0.100. The summed E-state index contributed by atoms with van der Waals surface area (Å²) >= 11 is 0. The Morgan fingerprint density at radius 2 is 1.22 bits per heavy atom. The van der Waals surface area contributed by atoms with Gasteiger partial charge in [-0.2, -0.15) is 8.42 Å². The van der Waals surface area contributed by atoms with Gasteiger partial charge >= 0.3 is 29.6 Å². The van der Waals surface area contributed by atoms with Gasteiger partial charge in [0.25, 0.3) is 21.5 Å². The molecular formula is C20H18N3NaO7S. The zero-order valence-electron chi connectivity index (χ0n) is 16.0. The maximum atomic E-state index is 11.3. The van der Waals surface area contributed by atoms with E-state index >= 15 is 0 Å². The van der Waals surface area contributed by atoms with E-state index in [9.17, 15) is 33.2 Å². The molecule has 3 rings (SSSR count). The van der Waals surface area contributed by atoms with Crippen molar-refractivity contribution in [2.75, 3.05) is 4.90 Å². The summed E-state index contributed by atoms with van der Waals surface area (Å²) < 4.78 is 31.8. The summed E-state index contributed by atoms with van der Waals surface area (Å²) in [6.07, 6.45) is 0. The third-order valence-electron chi connectivity index (χ3n) is 4.49. The number of anilines is 1. The molecule has 10 nitrogen and oxygen atoms in total. The van der Waals surface area contributed by atoms with Crippen LogP contribution in [0.15, 0.2) is 77.7 Å². The molecule has 0 fully saturated rings. The number of non-ortho nitro benzene ring substituents is 2. The minimum atomic E-state index is -4.36. The monoisotopic (exact) mass is 467 g/mol. The Labute approximate surface area is 205 Å². The normalized spacial score (nSPS) is 10.8. The van der Waals surface area contributed by atoms with E-state index in [1.165, 1.54) is 48.5 Å². The van der Waals surface area contributed by atoms with Crippen molar-refractivity contribution in [3.05, 3.63) is 104 Å². The average molecular weight is 467 g/mol. The summed E-state index contributed by atoms with van der Waals surface area (Å²) in [5.74, 6) is 0. The van der Waals surface area contributed by atoms with E-state index in [2.05, 4.69) is 0 Å². The molecule has 0 aromatic heterocycles. The topological polar surface area (TPSA) is 144 Å². The second-order valence-corrected chi connectivity index (χ2v) is 8.10. The van der Waals surface area contributed by atoms with Gasteiger partial charge in [-0.25, -0.2) is 0 Å². The van der Waals surface area contributed by atoms with Crippen LogP contribution < -0.4 is 4.90 Å². The first kappa shape index (κ1) is 25.4. The van der Waals surface area contributed by atoms with Crippen molar-refractivity contribution in [1.29, 1.82) is 0 Å². The number of nitro benzene ring substituents is 2. The van der Waals surface area contributed by atoms with Gasteiger partial charge in [-0.15, -0.1) is 0 Å². The second kappa shape index (κ2) is 10.7. The van der Waals surface area contributed by atoms with Crippen molar-refractivity contribution in [2.24, 2.45) is 0 Å².